The van der Waals surface area contributed by atoms with E-state index in [2.05, 4.69) is 11.9 Å². The van der Waals surface area contributed by atoms with Gasteiger partial charge in [0.15, 0.2) is 5.78 Å². The Morgan fingerprint density at radius 2 is 1.88 bits per heavy atom. The van der Waals surface area contributed by atoms with Crippen molar-refractivity contribution in [2.75, 3.05) is 25.0 Å². The molecule has 1 fully saturated rings. The molecule has 1 aromatic rings. The topological polar surface area (TPSA) is 83.7 Å². The van der Waals surface area contributed by atoms with E-state index in [1.165, 1.54) is 6.08 Å². The molecule has 1 saturated heterocycles. The van der Waals surface area contributed by atoms with E-state index >= 15 is 0 Å². The number of allylic oxidation sites excluding steroid dienone is 1. The van der Waals surface area contributed by atoms with E-state index in [4.69, 9.17) is 5.73 Å². The third-order valence-electron chi connectivity index (χ3n) is 4.88. The van der Waals surface area contributed by atoms with Crippen LogP contribution in [0.4, 0.5) is 5.69 Å². The maximum Gasteiger partial charge on any atom is 0.259 e. The van der Waals surface area contributed by atoms with E-state index in [1.807, 2.05) is 29.2 Å². The van der Waals surface area contributed by atoms with Gasteiger partial charge in [0.05, 0.1) is 11.3 Å². The zero-order chi connectivity index (χ0) is 18.0. The van der Waals surface area contributed by atoms with Gasteiger partial charge in [0, 0.05) is 24.4 Å². The van der Waals surface area contributed by atoms with E-state index in [0.717, 1.165) is 37.2 Å². The smallest absolute Gasteiger partial charge is 0.259 e. The van der Waals surface area contributed by atoms with Crippen LogP contribution in [0.1, 0.15) is 31.2 Å². The van der Waals surface area contributed by atoms with Gasteiger partial charge in [0.25, 0.3) is 5.91 Å². The molecule has 0 saturated carbocycles. The van der Waals surface area contributed by atoms with Gasteiger partial charge in [0.1, 0.15) is 0 Å². The normalized spacial score (nSPS) is 20.1. The summed E-state index contributed by atoms with van der Waals surface area (Å²) in [4.78, 5) is 40.1. The Morgan fingerprint density at radius 3 is 2.56 bits per heavy atom. The number of hydrogen-bond donors (Lipinski definition) is 1. The molecule has 0 atom stereocenters. The molecular weight excluding hydrogens is 318 g/mol. The molecule has 25 heavy (non-hydrogen) atoms. The summed E-state index contributed by atoms with van der Waals surface area (Å²) < 4.78 is 0. The molecule has 0 spiro atoms. The Hall–Kier alpha value is -2.47. The monoisotopic (exact) mass is 341 g/mol. The second kappa shape index (κ2) is 7.19. The van der Waals surface area contributed by atoms with Crippen LogP contribution in [0.5, 0.6) is 0 Å². The minimum atomic E-state index is -0.516. The van der Waals surface area contributed by atoms with Gasteiger partial charge in [-0.2, -0.15) is 0 Å². The van der Waals surface area contributed by atoms with Crippen molar-refractivity contribution in [3.8, 4) is 0 Å². The summed E-state index contributed by atoms with van der Waals surface area (Å²) in [5.41, 5.74) is 7.17. The molecule has 0 aromatic heterocycles. The molecule has 2 amide bonds. The number of rotatable bonds is 5. The first-order valence-electron chi connectivity index (χ1n) is 8.61. The average Bonchev–Trinajstić information content (AvgIpc) is 2.86. The molecule has 0 aliphatic carbocycles. The van der Waals surface area contributed by atoms with Crippen LogP contribution in [0.2, 0.25) is 0 Å². The molecular formula is C19H23N3O3. The standard InChI is InChI=1S/C19H23N3O3/c1-21-10-8-13(9-11-21)22-17-5-3-2-4-15(17)16(19(22)25)12-14(23)6-7-18(20)24/h2-5,12-13H,6-11H2,1H3,(H2,20,24)/b16-12-. The minimum absolute atomic E-state index is 0.00285. The highest BCUT2D eigenvalue weighted by atomic mass is 16.2. The van der Waals surface area contributed by atoms with E-state index in [1.54, 1.807) is 0 Å². The predicted molar refractivity (Wildman–Crippen MR) is 95.9 cm³/mol. The van der Waals surface area contributed by atoms with E-state index in [9.17, 15) is 14.4 Å². The fraction of sp³-hybridized carbons (Fsp3) is 0.421. The molecule has 0 unspecified atom stereocenters. The number of carbonyl (C=O) groups is 3. The lowest BCUT2D eigenvalue weighted by Crippen LogP contribution is -2.45. The summed E-state index contributed by atoms with van der Waals surface area (Å²) in [6.45, 7) is 1.90. The van der Waals surface area contributed by atoms with Crippen LogP contribution in [0.15, 0.2) is 30.3 Å². The maximum atomic E-state index is 13.0. The van der Waals surface area contributed by atoms with Gasteiger partial charge in [-0.1, -0.05) is 18.2 Å². The second-order valence-corrected chi connectivity index (χ2v) is 6.72. The van der Waals surface area contributed by atoms with Gasteiger partial charge in [-0.05, 0) is 45.1 Å². The summed E-state index contributed by atoms with van der Waals surface area (Å²) in [6, 6.07) is 7.73. The third kappa shape index (κ3) is 3.64. The van der Waals surface area contributed by atoms with Crippen molar-refractivity contribution in [1.29, 1.82) is 0 Å². The Bertz CT molecular complexity index is 733. The number of likely N-dealkylation sites (tertiary alicyclic amines) is 1. The van der Waals surface area contributed by atoms with Gasteiger partial charge < -0.3 is 15.5 Å². The molecule has 2 N–H and O–H groups in total. The van der Waals surface area contributed by atoms with Crippen molar-refractivity contribution in [2.24, 2.45) is 5.73 Å². The number of benzene rings is 1. The van der Waals surface area contributed by atoms with Crippen LogP contribution in [-0.2, 0) is 14.4 Å². The Morgan fingerprint density at radius 1 is 1.20 bits per heavy atom. The Kier molecular flexibility index (Phi) is 4.99. The zero-order valence-corrected chi connectivity index (χ0v) is 14.4. The number of para-hydroxylation sites is 1. The lowest BCUT2D eigenvalue weighted by Gasteiger charge is -2.35. The molecule has 2 aliphatic rings. The number of primary amides is 1. The number of hydrogen-bond acceptors (Lipinski definition) is 4. The molecule has 1 aromatic carbocycles. The van der Waals surface area contributed by atoms with Gasteiger partial charge in [-0.15, -0.1) is 0 Å². The van der Waals surface area contributed by atoms with E-state index in [-0.39, 0.29) is 30.6 Å². The molecule has 6 heteroatoms. The predicted octanol–water partition coefficient (Wildman–Crippen LogP) is 1.35. The van der Waals surface area contributed by atoms with Crippen molar-refractivity contribution in [1.82, 2.24) is 4.90 Å². The number of carbonyl (C=O) groups excluding carboxylic acids is 3. The first kappa shape index (κ1) is 17.4. The van der Waals surface area contributed by atoms with Crippen molar-refractivity contribution < 1.29 is 14.4 Å². The van der Waals surface area contributed by atoms with Crippen LogP contribution in [0.25, 0.3) is 5.57 Å². The summed E-state index contributed by atoms with van der Waals surface area (Å²) in [6.07, 6.45) is 3.23. The largest absolute Gasteiger partial charge is 0.370 e. The third-order valence-corrected chi connectivity index (χ3v) is 4.88. The second-order valence-electron chi connectivity index (χ2n) is 6.72. The summed E-state index contributed by atoms with van der Waals surface area (Å²) >= 11 is 0. The van der Waals surface area contributed by atoms with Gasteiger partial charge in [0.2, 0.25) is 5.91 Å². The fourth-order valence-corrected chi connectivity index (χ4v) is 3.50. The van der Waals surface area contributed by atoms with Crippen LogP contribution >= 0.6 is 0 Å². The van der Waals surface area contributed by atoms with Crippen LogP contribution in [0.3, 0.4) is 0 Å². The van der Waals surface area contributed by atoms with Crippen LogP contribution in [0, 0.1) is 0 Å². The zero-order valence-electron chi connectivity index (χ0n) is 14.4. The average molecular weight is 341 g/mol. The lowest BCUT2D eigenvalue weighted by molar-refractivity contribution is -0.121. The maximum absolute atomic E-state index is 13.0. The summed E-state index contributed by atoms with van der Waals surface area (Å²) in [7, 11) is 2.08. The molecule has 132 valence electrons. The van der Waals surface area contributed by atoms with Crippen LogP contribution < -0.4 is 10.6 Å². The molecule has 0 radical (unpaired) electrons. The minimum Gasteiger partial charge on any atom is -0.370 e. The fourth-order valence-electron chi connectivity index (χ4n) is 3.50. The highest BCUT2D eigenvalue weighted by molar-refractivity contribution is 6.35. The highest BCUT2D eigenvalue weighted by Crippen LogP contribution is 2.39. The first-order valence-corrected chi connectivity index (χ1v) is 8.61. The Balaban J connectivity index is 1.87. The highest BCUT2D eigenvalue weighted by Gasteiger charge is 2.37. The molecule has 6 nitrogen and oxygen atoms in total. The summed E-state index contributed by atoms with van der Waals surface area (Å²) in [5.74, 6) is -0.886. The SMILES string of the molecule is CN1CCC(N2C(=O)/C(=C\C(=O)CCC(N)=O)c3ccccc32)CC1. The van der Waals surface area contributed by atoms with Gasteiger partial charge >= 0.3 is 0 Å². The van der Waals surface area contributed by atoms with E-state index in [0.29, 0.717) is 5.57 Å². The molecule has 0 bridgehead atoms. The van der Waals surface area contributed by atoms with Gasteiger partial charge in [-0.3, -0.25) is 14.4 Å². The van der Waals surface area contributed by atoms with Crippen molar-refractivity contribution >= 4 is 28.9 Å². The molecule has 2 aliphatic heterocycles. The number of piperidine rings is 1. The lowest BCUT2D eigenvalue weighted by atomic mass is 10.0. The van der Waals surface area contributed by atoms with E-state index < -0.39 is 5.91 Å². The first-order chi connectivity index (χ1) is 12.0. The van der Waals surface area contributed by atoms with Crippen molar-refractivity contribution in [3.63, 3.8) is 0 Å². The number of fused-ring (bicyclic) bond motifs is 1. The number of nitrogens with zero attached hydrogens (tertiary/aromatic N) is 2. The van der Waals surface area contributed by atoms with Crippen molar-refractivity contribution in [2.45, 2.75) is 31.7 Å². The summed E-state index contributed by atoms with van der Waals surface area (Å²) in [5, 5.41) is 0. The van der Waals surface area contributed by atoms with Crippen molar-refractivity contribution in [3.05, 3.63) is 35.9 Å². The Labute approximate surface area is 147 Å². The molecule has 2 heterocycles. The van der Waals surface area contributed by atoms with Crippen LogP contribution in [-0.4, -0.2) is 48.7 Å². The number of nitrogens with two attached hydrogens (primary N) is 1. The number of anilines is 1. The van der Waals surface area contributed by atoms with Gasteiger partial charge in [-0.25, -0.2) is 0 Å². The quantitative estimate of drug-likeness (QED) is 0.819. The molecule has 3 rings (SSSR count). The number of amides is 2. The number of ketones is 1.